The summed E-state index contributed by atoms with van der Waals surface area (Å²) in [7, 11) is -4.02. The third-order valence-corrected chi connectivity index (χ3v) is 7.47. The first-order chi connectivity index (χ1) is 15.9. The Balaban J connectivity index is 1.61. The minimum atomic E-state index is -4.02. The van der Waals surface area contributed by atoms with E-state index in [0.717, 1.165) is 26.2 Å². The Hall–Kier alpha value is -3.35. The fraction of sp³-hybridized carbons (Fsp3) is 0.115. The summed E-state index contributed by atoms with van der Waals surface area (Å²) in [6.45, 7) is 1.76. The molecule has 4 rings (SSSR count). The monoisotopic (exact) mass is 478 g/mol. The van der Waals surface area contributed by atoms with Crippen LogP contribution >= 0.6 is 11.6 Å². The smallest absolute Gasteiger partial charge is 0.264 e. The number of benzene rings is 4. The Morgan fingerprint density at radius 1 is 0.879 bits per heavy atom. The van der Waals surface area contributed by atoms with E-state index in [1.54, 1.807) is 36.4 Å². The molecule has 4 aromatic carbocycles. The molecule has 0 aliphatic heterocycles. The average molecular weight is 479 g/mol. The van der Waals surface area contributed by atoms with E-state index in [9.17, 15) is 13.2 Å². The highest BCUT2D eigenvalue weighted by atomic mass is 35.5. The third kappa shape index (κ3) is 5.02. The van der Waals surface area contributed by atoms with Crippen LogP contribution in [0, 0.1) is 6.92 Å². The van der Waals surface area contributed by atoms with Crippen LogP contribution in [0.4, 0.5) is 5.69 Å². The second-order valence-electron chi connectivity index (χ2n) is 7.69. The summed E-state index contributed by atoms with van der Waals surface area (Å²) in [5.74, 6) is -0.432. The predicted molar refractivity (Wildman–Crippen MR) is 133 cm³/mol. The maximum absolute atomic E-state index is 13.5. The number of aryl methyl sites for hydroxylation is 1. The first-order valence-electron chi connectivity index (χ1n) is 10.4. The van der Waals surface area contributed by atoms with Gasteiger partial charge in [-0.25, -0.2) is 8.42 Å². The number of para-hydroxylation sites is 1. The van der Waals surface area contributed by atoms with Gasteiger partial charge in [0.2, 0.25) is 5.91 Å². The number of carbonyl (C=O) groups excluding carboxylic acids is 1. The molecule has 0 aliphatic rings. The summed E-state index contributed by atoms with van der Waals surface area (Å²) in [6.07, 6.45) is 0. The van der Waals surface area contributed by atoms with Crippen molar-refractivity contribution in [1.82, 2.24) is 5.32 Å². The Morgan fingerprint density at radius 2 is 1.55 bits per heavy atom. The number of halogens is 1. The maximum Gasteiger partial charge on any atom is 0.264 e. The zero-order chi connectivity index (χ0) is 23.4. The highest BCUT2D eigenvalue weighted by Gasteiger charge is 2.28. The molecule has 0 aliphatic carbocycles. The molecule has 0 saturated carbocycles. The molecule has 0 saturated heterocycles. The van der Waals surface area contributed by atoms with E-state index in [0.29, 0.717) is 0 Å². The molecule has 0 spiro atoms. The topological polar surface area (TPSA) is 66.5 Å². The lowest BCUT2D eigenvalue weighted by Crippen LogP contribution is -2.40. The second-order valence-corrected chi connectivity index (χ2v) is 9.96. The number of carbonyl (C=O) groups is 1. The predicted octanol–water partition coefficient (Wildman–Crippen LogP) is 5.31. The summed E-state index contributed by atoms with van der Waals surface area (Å²) in [6, 6.07) is 26.9. The molecule has 0 radical (unpaired) electrons. The van der Waals surface area contributed by atoms with Gasteiger partial charge in [-0.05, 0) is 47.5 Å². The van der Waals surface area contributed by atoms with E-state index in [2.05, 4.69) is 5.32 Å². The molecule has 0 aromatic heterocycles. The first kappa shape index (κ1) is 22.8. The summed E-state index contributed by atoms with van der Waals surface area (Å²) >= 11 is 6.32. The van der Waals surface area contributed by atoms with Crippen molar-refractivity contribution in [1.29, 1.82) is 0 Å². The van der Waals surface area contributed by atoms with Crippen LogP contribution in [-0.2, 0) is 21.4 Å². The van der Waals surface area contributed by atoms with Crippen LogP contribution in [0.3, 0.4) is 0 Å². The summed E-state index contributed by atoms with van der Waals surface area (Å²) in [5, 5.41) is 5.21. The van der Waals surface area contributed by atoms with Crippen molar-refractivity contribution in [3.63, 3.8) is 0 Å². The Labute approximate surface area is 198 Å². The van der Waals surface area contributed by atoms with Crippen LogP contribution in [0.2, 0.25) is 5.02 Å². The van der Waals surface area contributed by atoms with Gasteiger partial charge >= 0.3 is 0 Å². The minimum Gasteiger partial charge on any atom is -0.350 e. The number of nitrogens with one attached hydrogen (secondary N) is 1. The normalized spacial score (nSPS) is 11.3. The number of hydrogen-bond acceptors (Lipinski definition) is 3. The van der Waals surface area contributed by atoms with Crippen molar-refractivity contribution < 1.29 is 13.2 Å². The van der Waals surface area contributed by atoms with Gasteiger partial charge in [-0.1, -0.05) is 83.9 Å². The van der Waals surface area contributed by atoms with Crippen LogP contribution < -0.4 is 9.62 Å². The van der Waals surface area contributed by atoms with E-state index >= 15 is 0 Å². The fourth-order valence-electron chi connectivity index (χ4n) is 3.62. The van der Waals surface area contributed by atoms with E-state index in [4.69, 9.17) is 11.6 Å². The quantitative estimate of drug-likeness (QED) is 0.391. The molecule has 0 unspecified atom stereocenters. The Morgan fingerprint density at radius 3 is 2.30 bits per heavy atom. The van der Waals surface area contributed by atoms with Gasteiger partial charge in [0.25, 0.3) is 10.0 Å². The van der Waals surface area contributed by atoms with E-state index in [-0.39, 0.29) is 22.2 Å². The van der Waals surface area contributed by atoms with E-state index < -0.39 is 22.5 Å². The number of fused-ring (bicyclic) bond motifs is 1. The Kier molecular flexibility index (Phi) is 6.67. The van der Waals surface area contributed by atoms with E-state index in [1.807, 2.05) is 49.4 Å². The minimum absolute atomic E-state index is 0.0925. The van der Waals surface area contributed by atoms with Crippen molar-refractivity contribution in [2.75, 3.05) is 10.8 Å². The number of anilines is 1. The van der Waals surface area contributed by atoms with Gasteiger partial charge in [-0.15, -0.1) is 0 Å². The molecule has 0 bridgehead atoms. The number of hydrogen-bond donors (Lipinski definition) is 1. The van der Waals surface area contributed by atoms with Crippen molar-refractivity contribution in [2.24, 2.45) is 0 Å². The first-order valence-corrected chi connectivity index (χ1v) is 12.3. The van der Waals surface area contributed by atoms with Gasteiger partial charge < -0.3 is 5.32 Å². The average Bonchev–Trinajstić information content (AvgIpc) is 2.82. The highest BCUT2D eigenvalue weighted by Crippen LogP contribution is 2.30. The molecular formula is C26H23ClN2O3S. The number of rotatable bonds is 7. The van der Waals surface area contributed by atoms with Crippen LogP contribution in [0.5, 0.6) is 0 Å². The standard InChI is InChI=1S/C26H23ClN2O3S/c1-19-13-15-22(16-14-19)33(31,32)29(25-12-5-4-11-24(25)27)18-26(30)28-17-21-9-6-8-20-7-2-3-10-23(20)21/h2-16H,17-18H2,1H3,(H,28,30). The zero-order valence-corrected chi connectivity index (χ0v) is 19.6. The third-order valence-electron chi connectivity index (χ3n) is 5.37. The maximum atomic E-state index is 13.5. The van der Waals surface area contributed by atoms with E-state index in [1.165, 1.54) is 12.1 Å². The van der Waals surface area contributed by atoms with Crippen molar-refractivity contribution in [3.8, 4) is 0 Å². The summed E-state index contributed by atoms with van der Waals surface area (Å²) < 4.78 is 28.0. The van der Waals surface area contributed by atoms with Gasteiger partial charge in [0.15, 0.2) is 0 Å². The van der Waals surface area contributed by atoms with Crippen LogP contribution in [0.25, 0.3) is 10.8 Å². The summed E-state index contributed by atoms with van der Waals surface area (Å²) in [4.78, 5) is 13.0. The van der Waals surface area contributed by atoms with Crippen molar-refractivity contribution in [2.45, 2.75) is 18.4 Å². The molecule has 7 heteroatoms. The zero-order valence-electron chi connectivity index (χ0n) is 18.0. The van der Waals surface area contributed by atoms with Crippen LogP contribution in [0.1, 0.15) is 11.1 Å². The SMILES string of the molecule is Cc1ccc(S(=O)(=O)N(CC(=O)NCc2cccc3ccccc23)c2ccccc2Cl)cc1. The number of nitrogens with zero attached hydrogens (tertiary/aromatic N) is 1. The van der Waals surface area contributed by atoms with Gasteiger partial charge in [0, 0.05) is 6.54 Å². The van der Waals surface area contributed by atoms with Gasteiger partial charge in [-0.3, -0.25) is 9.10 Å². The molecular weight excluding hydrogens is 456 g/mol. The fourth-order valence-corrected chi connectivity index (χ4v) is 5.35. The summed E-state index contributed by atoms with van der Waals surface area (Å²) in [5.41, 5.74) is 2.14. The molecule has 0 fully saturated rings. The Bertz CT molecular complexity index is 1400. The highest BCUT2D eigenvalue weighted by molar-refractivity contribution is 7.92. The van der Waals surface area contributed by atoms with Gasteiger partial charge in [0.1, 0.15) is 6.54 Å². The lowest BCUT2D eigenvalue weighted by Gasteiger charge is -2.25. The lowest BCUT2D eigenvalue weighted by molar-refractivity contribution is -0.119. The molecule has 0 atom stereocenters. The molecule has 168 valence electrons. The molecule has 5 nitrogen and oxygen atoms in total. The molecule has 4 aromatic rings. The molecule has 33 heavy (non-hydrogen) atoms. The van der Waals surface area contributed by atoms with Crippen molar-refractivity contribution >= 4 is 44.0 Å². The van der Waals surface area contributed by atoms with Gasteiger partial charge in [-0.2, -0.15) is 0 Å². The molecule has 1 N–H and O–H groups in total. The van der Waals surface area contributed by atoms with Gasteiger partial charge in [0.05, 0.1) is 15.6 Å². The van der Waals surface area contributed by atoms with Crippen molar-refractivity contribution in [3.05, 3.63) is 107 Å². The number of sulfonamides is 1. The second kappa shape index (κ2) is 9.65. The lowest BCUT2D eigenvalue weighted by atomic mass is 10.0. The van der Waals surface area contributed by atoms with Crippen LogP contribution in [-0.4, -0.2) is 20.9 Å². The molecule has 1 amide bonds. The molecule has 0 heterocycles. The van der Waals surface area contributed by atoms with Crippen LogP contribution in [0.15, 0.2) is 95.9 Å². The number of amides is 1. The largest absolute Gasteiger partial charge is 0.350 e.